The first kappa shape index (κ1) is 21.7. The van der Waals surface area contributed by atoms with E-state index in [9.17, 15) is 0 Å². The van der Waals surface area contributed by atoms with Crippen molar-refractivity contribution < 1.29 is 0 Å². The molecule has 1 aromatic carbocycles. The topological polar surface area (TPSA) is 52.6 Å². The van der Waals surface area contributed by atoms with E-state index in [0.717, 1.165) is 36.2 Å². The highest BCUT2D eigenvalue weighted by atomic mass is 127. The number of para-hydroxylation sites is 1. The van der Waals surface area contributed by atoms with Crippen molar-refractivity contribution >= 4 is 47.0 Å². The number of aryl methyl sites for hydroxylation is 1. The number of nitrogens with zero attached hydrogens (tertiary/aromatic N) is 3. The number of hydrogen-bond donors (Lipinski definition) is 2. The summed E-state index contributed by atoms with van der Waals surface area (Å²) in [7, 11) is 3.91. The first-order chi connectivity index (χ1) is 11.6. The molecule has 1 atom stereocenters. The molecular weight excluding hydrogens is 445 g/mol. The molecule has 138 valence electrons. The lowest BCUT2D eigenvalue weighted by Gasteiger charge is -2.27. The van der Waals surface area contributed by atoms with Crippen LogP contribution in [-0.2, 0) is 6.42 Å². The van der Waals surface area contributed by atoms with Gasteiger partial charge >= 0.3 is 0 Å². The second-order valence-electron chi connectivity index (χ2n) is 5.78. The SMILES string of the molecule is CN=C(NCCc1csc(C)n1)NCC(C)N(C)c1ccccc1.I. The molecule has 25 heavy (non-hydrogen) atoms. The van der Waals surface area contributed by atoms with Crippen molar-refractivity contribution in [2.45, 2.75) is 26.3 Å². The zero-order chi connectivity index (χ0) is 17.4. The van der Waals surface area contributed by atoms with Crippen LogP contribution in [0.1, 0.15) is 17.6 Å². The molecule has 2 aromatic rings. The number of guanidine groups is 1. The van der Waals surface area contributed by atoms with E-state index < -0.39 is 0 Å². The molecule has 5 nitrogen and oxygen atoms in total. The maximum Gasteiger partial charge on any atom is 0.191 e. The van der Waals surface area contributed by atoms with E-state index in [2.05, 4.69) is 69.1 Å². The van der Waals surface area contributed by atoms with Crippen LogP contribution in [0.15, 0.2) is 40.7 Å². The lowest BCUT2D eigenvalue weighted by atomic mass is 10.2. The summed E-state index contributed by atoms with van der Waals surface area (Å²) < 4.78 is 0. The highest BCUT2D eigenvalue weighted by Crippen LogP contribution is 2.13. The van der Waals surface area contributed by atoms with Crippen molar-refractivity contribution in [3.05, 3.63) is 46.4 Å². The normalized spacial score (nSPS) is 12.2. The molecule has 0 aliphatic carbocycles. The van der Waals surface area contributed by atoms with Gasteiger partial charge in [-0.15, -0.1) is 35.3 Å². The van der Waals surface area contributed by atoms with Gasteiger partial charge in [-0.25, -0.2) is 4.98 Å². The fraction of sp³-hybridized carbons (Fsp3) is 0.444. The molecule has 0 fully saturated rings. The zero-order valence-corrected chi connectivity index (χ0v) is 18.5. The Morgan fingerprint density at radius 3 is 2.60 bits per heavy atom. The van der Waals surface area contributed by atoms with E-state index in [1.54, 1.807) is 18.4 Å². The molecule has 2 rings (SSSR count). The molecular formula is C18H28IN5S. The number of rotatable bonds is 7. The van der Waals surface area contributed by atoms with Crippen molar-refractivity contribution in [2.75, 3.05) is 32.1 Å². The minimum atomic E-state index is 0. The number of aromatic nitrogens is 1. The van der Waals surface area contributed by atoms with Gasteiger partial charge < -0.3 is 15.5 Å². The van der Waals surface area contributed by atoms with Crippen LogP contribution < -0.4 is 15.5 Å². The Balaban J connectivity index is 0.00000312. The molecule has 1 heterocycles. The summed E-state index contributed by atoms with van der Waals surface area (Å²) >= 11 is 1.69. The van der Waals surface area contributed by atoms with Crippen LogP contribution >= 0.6 is 35.3 Å². The van der Waals surface area contributed by atoms with Crippen molar-refractivity contribution in [2.24, 2.45) is 4.99 Å². The van der Waals surface area contributed by atoms with Crippen LogP contribution in [-0.4, -0.2) is 44.2 Å². The standard InChI is InChI=1S/C18H27N5S.HI/c1-14(23(4)17-8-6-5-7-9-17)12-21-18(19-3)20-11-10-16-13-24-15(2)22-16;/h5-9,13-14H,10-12H2,1-4H3,(H2,19,20,21);1H. The Morgan fingerprint density at radius 1 is 1.28 bits per heavy atom. The number of nitrogens with one attached hydrogen (secondary N) is 2. The van der Waals surface area contributed by atoms with Crippen LogP contribution in [0.5, 0.6) is 0 Å². The van der Waals surface area contributed by atoms with E-state index >= 15 is 0 Å². The lowest BCUT2D eigenvalue weighted by molar-refractivity contribution is 0.648. The van der Waals surface area contributed by atoms with E-state index in [1.807, 2.05) is 13.0 Å². The number of anilines is 1. The van der Waals surface area contributed by atoms with Gasteiger partial charge in [-0.1, -0.05) is 18.2 Å². The molecule has 0 amide bonds. The van der Waals surface area contributed by atoms with Crippen LogP contribution in [0.3, 0.4) is 0 Å². The second kappa shape index (κ2) is 11.3. The monoisotopic (exact) mass is 473 g/mol. The third kappa shape index (κ3) is 7.19. The third-order valence-corrected chi connectivity index (χ3v) is 4.78. The Hall–Kier alpha value is -1.35. The highest BCUT2D eigenvalue weighted by molar-refractivity contribution is 14.0. The minimum absolute atomic E-state index is 0. The predicted molar refractivity (Wildman–Crippen MR) is 120 cm³/mol. The van der Waals surface area contributed by atoms with E-state index in [4.69, 9.17) is 0 Å². The van der Waals surface area contributed by atoms with Gasteiger partial charge in [0.2, 0.25) is 0 Å². The zero-order valence-electron chi connectivity index (χ0n) is 15.3. The smallest absolute Gasteiger partial charge is 0.191 e. The average molecular weight is 473 g/mol. The number of hydrogen-bond acceptors (Lipinski definition) is 4. The molecule has 0 bridgehead atoms. The van der Waals surface area contributed by atoms with E-state index in [0.29, 0.717) is 6.04 Å². The molecule has 1 aromatic heterocycles. The minimum Gasteiger partial charge on any atom is -0.370 e. The van der Waals surface area contributed by atoms with Gasteiger partial charge in [0.15, 0.2) is 5.96 Å². The molecule has 0 spiro atoms. The van der Waals surface area contributed by atoms with Gasteiger partial charge in [0.05, 0.1) is 10.7 Å². The maximum absolute atomic E-state index is 4.48. The molecule has 2 N–H and O–H groups in total. The highest BCUT2D eigenvalue weighted by Gasteiger charge is 2.10. The number of aliphatic imine (C=N–C) groups is 1. The Labute approximate surface area is 172 Å². The quantitative estimate of drug-likeness (QED) is 0.368. The fourth-order valence-electron chi connectivity index (χ4n) is 2.35. The molecule has 0 aliphatic heterocycles. The maximum atomic E-state index is 4.48. The van der Waals surface area contributed by atoms with Crippen LogP contribution in [0.2, 0.25) is 0 Å². The summed E-state index contributed by atoms with van der Waals surface area (Å²) in [5.41, 5.74) is 2.35. The summed E-state index contributed by atoms with van der Waals surface area (Å²) in [4.78, 5) is 11.0. The average Bonchev–Trinajstić information content (AvgIpc) is 3.03. The van der Waals surface area contributed by atoms with Gasteiger partial charge in [-0.3, -0.25) is 4.99 Å². The summed E-state index contributed by atoms with van der Waals surface area (Å²) in [6, 6.07) is 10.8. The van der Waals surface area contributed by atoms with Crippen LogP contribution in [0.25, 0.3) is 0 Å². The summed E-state index contributed by atoms with van der Waals surface area (Å²) in [6.45, 7) is 5.88. The molecule has 1 unspecified atom stereocenters. The summed E-state index contributed by atoms with van der Waals surface area (Å²) in [5, 5.41) is 9.97. The summed E-state index contributed by atoms with van der Waals surface area (Å²) in [5.74, 6) is 0.829. The largest absolute Gasteiger partial charge is 0.370 e. The van der Waals surface area contributed by atoms with Crippen molar-refractivity contribution in [1.29, 1.82) is 0 Å². The van der Waals surface area contributed by atoms with Gasteiger partial charge in [0, 0.05) is 50.7 Å². The Morgan fingerprint density at radius 2 is 2.00 bits per heavy atom. The number of thiazole rings is 1. The summed E-state index contributed by atoms with van der Waals surface area (Å²) in [6.07, 6.45) is 0.907. The number of likely N-dealkylation sites (N-methyl/N-ethyl adjacent to an activating group) is 1. The van der Waals surface area contributed by atoms with Gasteiger partial charge in [-0.2, -0.15) is 0 Å². The second-order valence-corrected chi connectivity index (χ2v) is 6.85. The van der Waals surface area contributed by atoms with Crippen molar-refractivity contribution in [3.63, 3.8) is 0 Å². The molecule has 0 radical (unpaired) electrons. The first-order valence-electron chi connectivity index (χ1n) is 8.23. The Bertz CT molecular complexity index is 644. The first-order valence-corrected chi connectivity index (χ1v) is 9.11. The van der Waals surface area contributed by atoms with Gasteiger partial charge in [0.25, 0.3) is 0 Å². The Kier molecular flexibility index (Phi) is 9.81. The molecule has 7 heteroatoms. The van der Waals surface area contributed by atoms with E-state index in [-0.39, 0.29) is 24.0 Å². The van der Waals surface area contributed by atoms with Crippen molar-refractivity contribution in [1.82, 2.24) is 15.6 Å². The predicted octanol–water partition coefficient (Wildman–Crippen LogP) is 3.30. The van der Waals surface area contributed by atoms with Gasteiger partial charge in [0.1, 0.15) is 0 Å². The molecule has 0 saturated heterocycles. The van der Waals surface area contributed by atoms with Crippen LogP contribution in [0, 0.1) is 6.92 Å². The van der Waals surface area contributed by atoms with Crippen LogP contribution in [0.4, 0.5) is 5.69 Å². The number of halogens is 1. The van der Waals surface area contributed by atoms with Crippen molar-refractivity contribution in [3.8, 4) is 0 Å². The van der Waals surface area contributed by atoms with E-state index in [1.165, 1.54) is 5.69 Å². The number of benzene rings is 1. The lowest BCUT2D eigenvalue weighted by Crippen LogP contribution is -2.45. The molecule has 0 saturated carbocycles. The molecule has 0 aliphatic rings. The van der Waals surface area contributed by atoms with Gasteiger partial charge in [-0.05, 0) is 26.0 Å². The fourth-order valence-corrected chi connectivity index (χ4v) is 3.00. The third-order valence-electron chi connectivity index (χ3n) is 3.95.